The summed E-state index contributed by atoms with van der Waals surface area (Å²) in [5.74, 6) is 0.619. The van der Waals surface area contributed by atoms with E-state index in [0.29, 0.717) is 18.2 Å². The normalized spacial score (nSPS) is 20.9. The van der Waals surface area contributed by atoms with Crippen LogP contribution in [-0.4, -0.2) is 40.6 Å². The van der Waals surface area contributed by atoms with Crippen molar-refractivity contribution >= 4 is 5.91 Å². The van der Waals surface area contributed by atoms with E-state index in [2.05, 4.69) is 10.2 Å². The first-order valence-corrected chi connectivity index (χ1v) is 5.30. The first-order valence-electron chi connectivity index (χ1n) is 5.30. The molecule has 15 heavy (non-hydrogen) atoms. The van der Waals surface area contributed by atoms with Gasteiger partial charge < -0.3 is 10.6 Å². The highest BCUT2D eigenvalue weighted by atomic mass is 16.2. The fourth-order valence-electron chi connectivity index (χ4n) is 2.03. The number of carbonyl (C=O) groups excluding carboxylic acids is 1. The summed E-state index contributed by atoms with van der Waals surface area (Å²) in [5, 5.41) is 6.47. The van der Waals surface area contributed by atoms with Crippen molar-refractivity contribution in [3.8, 4) is 0 Å². The summed E-state index contributed by atoms with van der Waals surface area (Å²) in [6.45, 7) is 2.37. The van der Waals surface area contributed by atoms with Gasteiger partial charge >= 0.3 is 0 Å². The molecule has 0 aromatic carbocycles. The highest BCUT2D eigenvalue weighted by molar-refractivity contribution is 5.92. The summed E-state index contributed by atoms with van der Waals surface area (Å²) in [6.07, 6.45) is 3.67. The number of rotatable bonds is 3. The number of nitrogens with two attached hydrogens (primary N) is 1. The molecule has 1 fully saturated rings. The molecule has 0 saturated carbocycles. The Balaban J connectivity index is 1.93. The smallest absolute Gasteiger partial charge is 0.271 e. The minimum Gasteiger partial charge on any atom is -0.337 e. The van der Waals surface area contributed by atoms with Crippen LogP contribution in [0.2, 0.25) is 0 Å². The molecule has 1 atom stereocenters. The molecule has 0 aliphatic carbocycles. The number of amides is 1. The van der Waals surface area contributed by atoms with Crippen LogP contribution in [0.3, 0.4) is 0 Å². The van der Waals surface area contributed by atoms with Crippen molar-refractivity contribution in [3.63, 3.8) is 0 Å². The predicted octanol–water partition coefficient (Wildman–Crippen LogP) is 0.221. The minimum absolute atomic E-state index is 0.0482. The van der Waals surface area contributed by atoms with Crippen LogP contribution in [-0.2, 0) is 0 Å². The number of aromatic amines is 1. The average Bonchev–Trinajstić information content (AvgIpc) is 2.87. The van der Waals surface area contributed by atoms with Gasteiger partial charge in [-0.2, -0.15) is 5.10 Å². The van der Waals surface area contributed by atoms with Crippen LogP contribution >= 0.6 is 0 Å². The van der Waals surface area contributed by atoms with Crippen LogP contribution in [0.5, 0.6) is 0 Å². The van der Waals surface area contributed by atoms with Crippen molar-refractivity contribution in [1.29, 1.82) is 0 Å². The molecule has 0 bridgehead atoms. The predicted molar refractivity (Wildman–Crippen MR) is 56.3 cm³/mol. The molecule has 3 N–H and O–H groups in total. The van der Waals surface area contributed by atoms with E-state index in [4.69, 9.17) is 5.73 Å². The lowest BCUT2D eigenvalue weighted by molar-refractivity contribution is 0.0781. The number of hydrogen-bond acceptors (Lipinski definition) is 3. The van der Waals surface area contributed by atoms with Gasteiger partial charge in [-0.3, -0.25) is 9.89 Å². The van der Waals surface area contributed by atoms with Gasteiger partial charge in [0.1, 0.15) is 5.69 Å². The third kappa shape index (κ3) is 2.18. The fourth-order valence-corrected chi connectivity index (χ4v) is 2.03. The molecule has 1 aromatic heterocycles. The molecule has 5 heteroatoms. The zero-order valence-corrected chi connectivity index (χ0v) is 8.65. The Bertz CT molecular complexity index is 322. The van der Waals surface area contributed by atoms with Crippen LogP contribution in [0.15, 0.2) is 12.3 Å². The standard InChI is InChI=1S/C10H16N4O/c11-4-1-8-3-6-14(7-8)10(15)9-2-5-12-13-9/h2,5,8H,1,3-4,6-7,11H2,(H,12,13). The van der Waals surface area contributed by atoms with Gasteiger partial charge in [-0.25, -0.2) is 0 Å². The summed E-state index contributed by atoms with van der Waals surface area (Å²) in [5.41, 5.74) is 6.08. The van der Waals surface area contributed by atoms with Crippen molar-refractivity contribution in [2.75, 3.05) is 19.6 Å². The molecule has 2 rings (SSSR count). The maximum Gasteiger partial charge on any atom is 0.271 e. The van der Waals surface area contributed by atoms with E-state index in [1.54, 1.807) is 12.3 Å². The number of nitrogens with zero attached hydrogens (tertiary/aromatic N) is 2. The largest absolute Gasteiger partial charge is 0.337 e. The van der Waals surface area contributed by atoms with Gasteiger partial charge in [-0.05, 0) is 31.4 Å². The molecule has 1 unspecified atom stereocenters. The van der Waals surface area contributed by atoms with Crippen molar-refractivity contribution in [2.24, 2.45) is 11.7 Å². The van der Waals surface area contributed by atoms with E-state index in [1.165, 1.54) is 0 Å². The lowest BCUT2D eigenvalue weighted by Gasteiger charge is -2.14. The number of likely N-dealkylation sites (tertiary alicyclic amines) is 1. The molecule has 2 heterocycles. The minimum atomic E-state index is 0.0482. The molecule has 1 aromatic rings. The van der Waals surface area contributed by atoms with Crippen molar-refractivity contribution in [3.05, 3.63) is 18.0 Å². The molecule has 1 aliphatic rings. The van der Waals surface area contributed by atoms with Crippen LogP contribution in [0.25, 0.3) is 0 Å². The van der Waals surface area contributed by atoms with E-state index in [1.807, 2.05) is 4.90 Å². The molecular weight excluding hydrogens is 192 g/mol. The van der Waals surface area contributed by atoms with Gasteiger partial charge in [0.25, 0.3) is 5.91 Å². The second-order valence-corrected chi connectivity index (χ2v) is 3.95. The second-order valence-electron chi connectivity index (χ2n) is 3.95. The van der Waals surface area contributed by atoms with Gasteiger partial charge in [0.15, 0.2) is 0 Å². The van der Waals surface area contributed by atoms with E-state index in [-0.39, 0.29) is 5.91 Å². The van der Waals surface area contributed by atoms with E-state index >= 15 is 0 Å². The van der Waals surface area contributed by atoms with Gasteiger partial charge in [0.2, 0.25) is 0 Å². The number of carbonyl (C=O) groups is 1. The molecule has 1 saturated heterocycles. The second kappa shape index (κ2) is 4.44. The Morgan fingerprint density at radius 1 is 1.73 bits per heavy atom. The summed E-state index contributed by atoms with van der Waals surface area (Å²) in [7, 11) is 0. The lowest BCUT2D eigenvalue weighted by atomic mass is 10.1. The van der Waals surface area contributed by atoms with E-state index < -0.39 is 0 Å². The number of H-pyrrole nitrogens is 1. The Kier molecular flexibility index (Phi) is 3.01. The van der Waals surface area contributed by atoms with Gasteiger partial charge in [-0.1, -0.05) is 0 Å². The van der Waals surface area contributed by atoms with Crippen LogP contribution in [0.1, 0.15) is 23.3 Å². The Morgan fingerprint density at radius 3 is 3.27 bits per heavy atom. The number of aromatic nitrogens is 2. The highest BCUT2D eigenvalue weighted by Gasteiger charge is 2.26. The molecule has 5 nitrogen and oxygen atoms in total. The van der Waals surface area contributed by atoms with Crippen LogP contribution in [0.4, 0.5) is 0 Å². The zero-order valence-electron chi connectivity index (χ0n) is 8.65. The Labute approximate surface area is 88.6 Å². The first-order chi connectivity index (χ1) is 7.31. The van der Waals surface area contributed by atoms with Crippen LogP contribution < -0.4 is 5.73 Å². The lowest BCUT2D eigenvalue weighted by Crippen LogP contribution is -2.29. The highest BCUT2D eigenvalue weighted by Crippen LogP contribution is 2.20. The van der Waals surface area contributed by atoms with Crippen molar-refractivity contribution in [1.82, 2.24) is 15.1 Å². The third-order valence-corrected chi connectivity index (χ3v) is 2.88. The molecule has 0 radical (unpaired) electrons. The third-order valence-electron chi connectivity index (χ3n) is 2.88. The maximum absolute atomic E-state index is 11.9. The molecule has 1 amide bonds. The number of hydrogen-bond donors (Lipinski definition) is 2. The topological polar surface area (TPSA) is 75.0 Å². The molecule has 82 valence electrons. The van der Waals surface area contributed by atoms with Crippen molar-refractivity contribution in [2.45, 2.75) is 12.8 Å². The summed E-state index contributed by atoms with van der Waals surface area (Å²) in [6, 6.07) is 1.71. The van der Waals surface area contributed by atoms with Gasteiger partial charge in [0.05, 0.1) is 0 Å². The summed E-state index contributed by atoms with van der Waals surface area (Å²) >= 11 is 0. The summed E-state index contributed by atoms with van der Waals surface area (Å²) in [4.78, 5) is 13.8. The fraction of sp³-hybridized carbons (Fsp3) is 0.600. The van der Waals surface area contributed by atoms with Crippen LogP contribution in [0, 0.1) is 5.92 Å². The Hall–Kier alpha value is -1.36. The SMILES string of the molecule is NCCC1CCN(C(=O)c2ccn[nH]2)C1. The van der Waals surface area contributed by atoms with Gasteiger partial charge in [-0.15, -0.1) is 0 Å². The average molecular weight is 208 g/mol. The first kappa shape index (κ1) is 10.2. The molecular formula is C10H16N4O. The quantitative estimate of drug-likeness (QED) is 0.746. The zero-order chi connectivity index (χ0) is 10.7. The van der Waals surface area contributed by atoms with E-state index in [0.717, 1.165) is 25.9 Å². The Morgan fingerprint density at radius 2 is 2.60 bits per heavy atom. The van der Waals surface area contributed by atoms with E-state index in [9.17, 15) is 4.79 Å². The van der Waals surface area contributed by atoms with Gasteiger partial charge in [0, 0.05) is 19.3 Å². The molecule has 0 spiro atoms. The molecule has 1 aliphatic heterocycles. The number of nitrogens with one attached hydrogen (secondary N) is 1. The van der Waals surface area contributed by atoms with Crippen molar-refractivity contribution < 1.29 is 4.79 Å². The summed E-state index contributed by atoms with van der Waals surface area (Å²) < 4.78 is 0. The monoisotopic (exact) mass is 208 g/mol. The maximum atomic E-state index is 11.9.